The van der Waals surface area contributed by atoms with Crippen LogP contribution in [-0.2, 0) is 17.6 Å². The lowest BCUT2D eigenvalue weighted by Gasteiger charge is -2.35. The van der Waals surface area contributed by atoms with Crippen LogP contribution in [0.5, 0.6) is 5.75 Å². The smallest absolute Gasteiger partial charge is 0.406 e. The van der Waals surface area contributed by atoms with E-state index in [2.05, 4.69) is 20.3 Å². The van der Waals surface area contributed by atoms with Crippen LogP contribution >= 0.6 is 11.8 Å². The van der Waals surface area contributed by atoms with E-state index in [0.717, 1.165) is 42.4 Å². The Morgan fingerprint density at radius 1 is 1.22 bits per heavy atom. The van der Waals surface area contributed by atoms with Crippen molar-refractivity contribution >= 4 is 33.7 Å². The second-order valence-electron chi connectivity index (χ2n) is 7.40. The van der Waals surface area contributed by atoms with Crippen LogP contribution in [0.4, 0.5) is 19.0 Å². The van der Waals surface area contributed by atoms with Gasteiger partial charge in [-0.2, -0.15) is 5.10 Å². The summed E-state index contributed by atoms with van der Waals surface area (Å²) in [6.45, 7) is 0. The number of nitrogens with zero attached hydrogens (tertiary/aromatic N) is 2. The van der Waals surface area contributed by atoms with Gasteiger partial charge in [0, 0.05) is 5.92 Å². The number of benzene rings is 1. The number of carbonyl (C=O) groups is 1. The highest BCUT2D eigenvalue weighted by molar-refractivity contribution is 8.26. The van der Waals surface area contributed by atoms with E-state index in [9.17, 15) is 18.0 Å². The fraction of sp³-hybridized carbons (Fsp3) is 0.350. The lowest BCUT2D eigenvalue weighted by atomic mass is 9.73. The van der Waals surface area contributed by atoms with Crippen LogP contribution in [0.2, 0.25) is 0 Å². The van der Waals surface area contributed by atoms with Crippen molar-refractivity contribution in [2.75, 3.05) is 5.32 Å². The normalized spacial score (nSPS) is 17.8. The van der Waals surface area contributed by atoms with Crippen molar-refractivity contribution in [2.24, 2.45) is 17.6 Å². The number of hydrogen-bond acceptors (Lipinski definition) is 7. The van der Waals surface area contributed by atoms with Crippen LogP contribution in [-0.4, -0.2) is 32.7 Å². The van der Waals surface area contributed by atoms with Gasteiger partial charge in [0.15, 0.2) is 11.0 Å². The number of ether oxygens (including phenoxy) is 1. The monoisotopic (exact) mass is 466 g/mol. The number of aromatic nitrogens is 2. The Morgan fingerprint density at radius 2 is 1.97 bits per heavy atom. The summed E-state index contributed by atoms with van der Waals surface area (Å²) < 4.78 is 40.8. The lowest BCUT2D eigenvalue weighted by molar-refractivity contribution is -0.274. The molecule has 1 saturated carbocycles. The van der Waals surface area contributed by atoms with E-state index in [1.165, 1.54) is 12.1 Å². The van der Waals surface area contributed by atoms with E-state index in [4.69, 9.17) is 16.6 Å². The average Bonchev–Trinajstić information content (AvgIpc) is 2.63. The Kier molecular flexibility index (Phi) is 7.33. The number of amides is 1. The predicted octanol–water partition coefficient (Wildman–Crippen LogP) is 3.73. The molecule has 0 spiro atoms. The highest BCUT2D eigenvalue weighted by Crippen LogP contribution is 2.38. The Hall–Kier alpha value is -3.15. The number of rotatable bonds is 7. The molecule has 0 radical (unpaired) electrons. The molecule has 5 N–H and O–H groups in total. The lowest BCUT2D eigenvalue weighted by Crippen LogP contribution is -2.31. The van der Waals surface area contributed by atoms with Crippen LogP contribution in [0.15, 0.2) is 36.4 Å². The molecule has 1 aliphatic rings. The minimum absolute atomic E-state index is 0.0794. The molecule has 170 valence electrons. The molecule has 32 heavy (non-hydrogen) atoms. The Labute approximate surface area is 186 Å². The van der Waals surface area contributed by atoms with Gasteiger partial charge in [0.2, 0.25) is 5.91 Å². The molecular formula is C20H21F3N6O2S. The summed E-state index contributed by atoms with van der Waals surface area (Å²) >= 11 is 0.977. The first-order valence-corrected chi connectivity index (χ1v) is 10.5. The second kappa shape index (κ2) is 9.98. The molecule has 0 aliphatic heterocycles. The molecule has 1 fully saturated rings. The number of anilines is 1. The molecule has 3 rings (SSSR count). The maximum absolute atomic E-state index is 12.3. The van der Waals surface area contributed by atoms with E-state index >= 15 is 0 Å². The first-order chi connectivity index (χ1) is 15.1. The maximum Gasteiger partial charge on any atom is 0.573 e. The molecule has 0 saturated heterocycles. The number of halogens is 3. The van der Waals surface area contributed by atoms with Crippen LogP contribution in [0.3, 0.4) is 0 Å². The quantitative estimate of drug-likeness (QED) is 0.362. The zero-order chi connectivity index (χ0) is 23.3. The number of amidine groups is 1. The van der Waals surface area contributed by atoms with Crippen molar-refractivity contribution in [3.63, 3.8) is 0 Å². The van der Waals surface area contributed by atoms with Gasteiger partial charge in [0.25, 0.3) is 0 Å². The molecule has 1 amide bonds. The first kappa shape index (κ1) is 23.5. The molecule has 0 atom stereocenters. The zero-order valence-electron chi connectivity index (χ0n) is 16.8. The summed E-state index contributed by atoms with van der Waals surface area (Å²) in [5, 5.41) is 26.1. The van der Waals surface area contributed by atoms with E-state index in [0.29, 0.717) is 22.9 Å². The maximum atomic E-state index is 12.3. The molecule has 1 aromatic heterocycles. The fourth-order valence-electron chi connectivity index (χ4n) is 3.37. The van der Waals surface area contributed by atoms with Gasteiger partial charge in [-0.3, -0.25) is 15.6 Å². The molecule has 2 aromatic rings. The molecule has 12 heteroatoms. The van der Waals surface area contributed by atoms with Gasteiger partial charge in [0.05, 0.1) is 17.2 Å². The number of hydrogen-bond donors (Lipinski definition) is 4. The zero-order valence-corrected chi connectivity index (χ0v) is 17.6. The van der Waals surface area contributed by atoms with Crippen molar-refractivity contribution in [1.29, 1.82) is 10.8 Å². The minimum atomic E-state index is -4.80. The van der Waals surface area contributed by atoms with Crippen LogP contribution < -0.4 is 15.8 Å². The number of nitrogens with one attached hydrogen (secondary N) is 3. The topological polar surface area (TPSA) is 138 Å². The van der Waals surface area contributed by atoms with E-state index in [-0.39, 0.29) is 29.1 Å². The summed E-state index contributed by atoms with van der Waals surface area (Å²) in [5.41, 5.74) is 6.42. The highest BCUT2D eigenvalue weighted by atomic mass is 32.2. The Bertz CT molecular complexity index is 994. The van der Waals surface area contributed by atoms with Crippen LogP contribution in [0.25, 0.3) is 0 Å². The third-order valence-corrected chi connectivity index (χ3v) is 5.58. The van der Waals surface area contributed by atoms with Gasteiger partial charge in [-0.1, -0.05) is 12.1 Å². The van der Waals surface area contributed by atoms with E-state index in [1.807, 2.05) is 0 Å². The molecule has 1 aromatic carbocycles. The molecule has 0 unspecified atom stereocenters. The number of carbonyl (C=O) groups excluding carboxylic acids is 1. The Morgan fingerprint density at radius 3 is 2.59 bits per heavy atom. The summed E-state index contributed by atoms with van der Waals surface area (Å²) in [6.07, 6.45) is -2.59. The second-order valence-corrected chi connectivity index (χ2v) is 8.48. The number of thioether (sulfide) groups is 1. The average molecular weight is 466 g/mol. The van der Waals surface area contributed by atoms with Gasteiger partial charge < -0.3 is 15.8 Å². The highest BCUT2D eigenvalue weighted by Gasteiger charge is 2.33. The number of nitrogens with two attached hydrogens (primary N) is 1. The summed E-state index contributed by atoms with van der Waals surface area (Å²) in [5.74, 6) is -0.0957. The molecule has 1 heterocycles. The standard InChI is InChI=1S/C20H21F3N6O2S/c21-20(22,23)31-15-3-1-2-11(9-15)10-17(30)27-16-5-4-14(28-29-16)8-12-6-13(7-12)18(24)32-19(25)26/h1-5,9,12-13,24H,6-8,10H2,(H3,25,26)(H,27,29,30). The van der Waals surface area contributed by atoms with E-state index in [1.54, 1.807) is 12.1 Å². The van der Waals surface area contributed by atoms with Gasteiger partial charge in [-0.25, -0.2) is 0 Å². The van der Waals surface area contributed by atoms with Gasteiger partial charge in [-0.15, -0.1) is 18.3 Å². The SMILES string of the molecule is N=C(N)SC(=N)C1CC(Cc2ccc(NC(=O)Cc3cccc(OC(F)(F)F)c3)nn2)C1. The molecule has 8 nitrogen and oxygen atoms in total. The number of alkyl halides is 3. The van der Waals surface area contributed by atoms with Crippen molar-refractivity contribution < 1.29 is 22.7 Å². The van der Waals surface area contributed by atoms with Crippen molar-refractivity contribution in [1.82, 2.24) is 10.2 Å². The first-order valence-electron chi connectivity index (χ1n) is 9.65. The van der Waals surface area contributed by atoms with Gasteiger partial charge in [-0.05, 0) is 66.8 Å². The van der Waals surface area contributed by atoms with Crippen molar-refractivity contribution in [3.05, 3.63) is 47.7 Å². The summed E-state index contributed by atoms with van der Waals surface area (Å²) in [7, 11) is 0. The van der Waals surface area contributed by atoms with E-state index < -0.39 is 12.3 Å². The third kappa shape index (κ3) is 7.22. The van der Waals surface area contributed by atoms with Crippen molar-refractivity contribution in [2.45, 2.75) is 32.0 Å². The fourth-order valence-corrected chi connectivity index (χ4v) is 3.97. The van der Waals surface area contributed by atoms with Crippen LogP contribution in [0.1, 0.15) is 24.1 Å². The third-order valence-electron chi connectivity index (χ3n) is 4.81. The molecular weight excluding hydrogens is 445 g/mol. The largest absolute Gasteiger partial charge is 0.573 e. The molecule has 0 bridgehead atoms. The summed E-state index contributed by atoms with van der Waals surface area (Å²) in [4.78, 5) is 12.2. The van der Waals surface area contributed by atoms with Crippen LogP contribution in [0, 0.1) is 22.7 Å². The van der Waals surface area contributed by atoms with Gasteiger partial charge >= 0.3 is 6.36 Å². The predicted molar refractivity (Wildman–Crippen MR) is 115 cm³/mol. The minimum Gasteiger partial charge on any atom is -0.406 e. The molecule has 1 aliphatic carbocycles. The summed E-state index contributed by atoms with van der Waals surface area (Å²) in [6, 6.07) is 8.59. The van der Waals surface area contributed by atoms with Crippen molar-refractivity contribution in [3.8, 4) is 5.75 Å². The Balaban J connectivity index is 1.46. The van der Waals surface area contributed by atoms with Gasteiger partial charge in [0.1, 0.15) is 5.75 Å².